The Morgan fingerprint density at radius 3 is 2.67 bits per heavy atom. The van der Waals surface area contributed by atoms with Gasteiger partial charge in [0.25, 0.3) is 0 Å². The third-order valence-electron chi connectivity index (χ3n) is 4.02. The fourth-order valence-corrected chi connectivity index (χ4v) is 2.76. The smallest absolute Gasteiger partial charge is 0.339 e. The maximum Gasteiger partial charge on any atom is 0.339 e. The maximum atomic E-state index is 11.7. The number of carbonyl (C=O) groups is 1. The average molecular weight is 330 g/mol. The molecule has 24 heavy (non-hydrogen) atoms. The number of hydrogen-bond acceptors (Lipinski definition) is 7. The summed E-state index contributed by atoms with van der Waals surface area (Å²) in [5, 5.41) is 4.04. The van der Waals surface area contributed by atoms with Gasteiger partial charge in [-0.05, 0) is 26.0 Å². The lowest BCUT2D eigenvalue weighted by atomic mass is 10.2. The van der Waals surface area contributed by atoms with Crippen LogP contribution in [0, 0.1) is 6.92 Å². The van der Waals surface area contributed by atoms with Crippen LogP contribution in [0.15, 0.2) is 28.9 Å². The quantitative estimate of drug-likeness (QED) is 0.775. The Kier molecular flexibility index (Phi) is 5.10. The van der Waals surface area contributed by atoms with Crippen LogP contribution in [0.5, 0.6) is 0 Å². The molecule has 1 aliphatic heterocycles. The van der Waals surface area contributed by atoms with E-state index < -0.39 is 0 Å². The lowest BCUT2D eigenvalue weighted by molar-refractivity contribution is 0.0526. The number of carbonyl (C=O) groups excluding carboxylic acids is 1. The fourth-order valence-electron chi connectivity index (χ4n) is 2.76. The number of piperazine rings is 1. The zero-order valence-electron chi connectivity index (χ0n) is 14.1. The molecule has 0 unspecified atom stereocenters. The highest BCUT2D eigenvalue weighted by Gasteiger charge is 2.19. The van der Waals surface area contributed by atoms with Gasteiger partial charge in [0.2, 0.25) is 0 Å². The first-order valence-electron chi connectivity index (χ1n) is 8.18. The summed E-state index contributed by atoms with van der Waals surface area (Å²) in [6.45, 7) is 8.53. The predicted molar refractivity (Wildman–Crippen MR) is 88.9 cm³/mol. The summed E-state index contributed by atoms with van der Waals surface area (Å²) in [6.07, 6.45) is 1.58. The Balaban J connectivity index is 1.53. The number of aryl methyl sites for hydroxylation is 1. The summed E-state index contributed by atoms with van der Waals surface area (Å²) in [5.41, 5.74) is 1.46. The first-order valence-corrected chi connectivity index (χ1v) is 8.18. The molecule has 1 fully saturated rings. The molecule has 128 valence electrons. The largest absolute Gasteiger partial charge is 0.462 e. The SMILES string of the molecule is CCOC(=O)c1ccc(N2CCN(Cc3cc(C)on3)CC2)nc1. The van der Waals surface area contributed by atoms with E-state index >= 15 is 0 Å². The molecule has 0 radical (unpaired) electrons. The summed E-state index contributed by atoms with van der Waals surface area (Å²) in [4.78, 5) is 20.6. The highest BCUT2D eigenvalue weighted by atomic mass is 16.5. The van der Waals surface area contributed by atoms with E-state index in [2.05, 4.69) is 19.9 Å². The molecule has 0 spiro atoms. The number of anilines is 1. The van der Waals surface area contributed by atoms with E-state index in [9.17, 15) is 4.79 Å². The second kappa shape index (κ2) is 7.44. The van der Waals surface area contributed by atoms with Crippen LogP contribution in [-0.2, 0) is 11.3 Å². The summed E-state index contributed by atoms with van der Waals surface area (Å²) >= 11 is 0. The minimum atomic E-state index is -0.329. The minimum absolute atomic E-state index is 0.329. The summed E-state index contributed by atoms with van der Waals surface area (Å²) in [7, 11) is 0. The second-order valence-corrected chi connectivity index (χ2v) is 5.82. The molecule has 0 N–H and O–H groups in total. The van der Waals surface area contributed by atoms with Crippen molar-refractivity contribution in [3.05, 3.63) is 41.4 Å². The molecule has 0 bridgehead atoms. The van der Waals surface area contributed by atoms with Crippen molar-refractivity contribution < 1.29 is 14.1 Å². The molecule has 0 aromatic carbocycles. The van der Waals surface area contributed by atoms with Gasteiger partial charge in [0.15, 0.2) is 0 Å². The molecular weight excluding hydrogens is 308 g/mol. The van der Waals surface area contributed by atoms with Crippen molar-refractivity contribution in [2.75, 3.05) is 37.7 Å². The van der Waals surface area contributed by atoms with E-state index in [0.29, 0.717) is 12.2 Å². The van der Waals surface area contributed by atoms with Crippen LogP contribution < -0.4 is 4.90 Å². The number of rotatable bonds is 5. The molecule has 1 aliphatic rings. The molecule has 7 nitrogen and oxygen atoms in total. The number of nitrogens with zero attached hydrogens (tertiary/aromatic N) is 4. The summed E-state index contributed by atoms with van der Waals surface area (Å²) in [5.74, 6) is 1.40. The van der Waals surface area contributed by atoms with Crippen LogP contribution in [0.4, 0.5) is 5.82 Å². The van der Waals surface area contributed by atoms with Gasteiger partial charge in [-0.3, -0.25) is 4.90 Å². The molecular formula is C17H22N4O3. The maximum absolute atomic E-state index is 11.7. The topological polar surface area (TPSA) is 71.7 Å². The molecule has 0 saturated carbocycles. The number of ether oxygens (including phenoxy) is 1. The van der Waals surface area contributed by atoms with Crippen molar-refractivity contribution in [1.29, 1.82) is 0 Å². The van der Waals surface area contributed by atoms with Crippen molar-refractivity contribution in [1.82, 2.24) is 15.0 Å². The molecule has 3 heterocycles. The number of pyridine rings is 1. The van der Waals surface area contributed by atoms with Gasteiger partial charge in [0.05, 0.1) is 17.9 Å². The van der Waals surface area contributed by atoms with Gasteiger partial charge in [0.1, 0.15) is 11.6 Å². The zero-order valence-corrected chi connectivity index (χ0v) is 14.1. The third kappa shape index (κ3) is 3.91. The van der Waals surface area contributed by atoms with Gasteiger partial charge < -0.3 is 14.2 Å². The molecule has 2 aromatic rings. The molecule has 0 aliphatic carbocycles. The van der Waals surface area contributed by atoms with Gasteiger partial charge in [0, 0.05) is 45.0 Å². The van der Waals surface area contributed by atoms with E-state index in [1.165, 1.54) is 0 Å². The minimum Gasteiger partial charge on any atom is -0.462 e. The highest BCUT2D eigenvalue weighted by molar-refractivity contribution is 5.89. The van der Waals surface area contributed by atoms with Crippen LogP contribution in [0.3, 0.4) is 0 Å². The Bertz CT molecular complexity index is 675. The number of aromatic nitrogens is 2. The Morgan fingerprint density at radius 2 is 2.08 bits per heavy atom. The van der Waals surface area contributed by atoms with E-state index in [1.54, 1.807) is 19.2 Å². The highest BCUT2D eigenvalue weighted by Crippen LogP contribution is 2.16. The number of esters is 1. The fraction of sp³-hybridized carbons (Fsp3) is 0.471. The van der Waals surface area contributed by atoms with Crippen LogP contribution in [0.2, 0.25) is 0 Å². The summed E-state index contributed by atoms with van der Waals surface area (Å²) < 4.78 is 10.1. The van der Waals surface area contributed by atoms with Gasteiger partial charge in [-0.1, -0.05) is 5.16 Å². The van der Waals surface area contributed by atoms with Crippen molar-refractivity contribution in [3.8, 4) is 0 Å². The standard InChI is InChI=1S/C17H22N4O3/c1-3-23-17(22)14-4-5-16(18-11-14)21-8-6-20(7-9-21)12-15-10-13(2)24-19-15/h4-5,10-11H,3,6-9,12H2,1-2H3. The van der Waals surface area contributed by atoms with Crippen molar-refractivity contribution >= 4 is 11.8 Å². The zero-order chi connectivity index (χ0) is 16.9. The second-order valence-electron chi connectivity index (χ2n) is 5.82. The van der Waals surface area contributed by atoms with Crippen LogP contribution in [0.1, 0.15) is 28.7 Å². The van der Waals surface area contributed by atoms with Gasteiger partial charge in [-0.15, -0.1) is 0 Å². The first-order chi connectivity index (χ1) is 11.7. The van der Waals surface area contributed by atoms with Crippen LogP contribution >= 0.6 is 0 Å². The lowest BCUT2D eigenvalue weighted by Gasteiger charge is -2.34. The first kappa shape index (κ1) is 16.4. The van der Waals surface area contributed by atoms with E-state index in [4.69, 9.17) is 9.26 Å². The van der Waals surface area contributed by atoms with E-state index in [1.807, 2.05) is 19.1 Å². The Labute approximate surface area is 141 Å². The monoisotopic (exact) mass is 330 g/mol. The van der Waals surface area contributed by atoms with Gasteiger partial charge >= 0.3 is 5.97 Å². The number of hydrogen-bond donors (Lipinski definition) is 0. The molecule has 7 heteroatoms. The van der Waals surface area contributed by atoms with Crippen molar-refractivity contribution in [2.45, 2.75) is 20.4 Å². The van der Waals surface area contributed by atoms with E-state index in [-0.39, 0.29) is 5.97 Å². The normalized spacial score (nSPS) is 15.5. The van der Waals surface area contributed by atoms with Crippen molar-refractivity contribution in [2.24, 2.45) is 0 Å². The van der Waals surface area contributed by atoms with Crippen molar-refractivity contribution in [3.63, 3.8) is 0 Å². The Morgan fingerprint density at radius 1 is 1.29 bits per heavy atom. The summed E-state index contributed by atoms with van der Waals surface area (Å²) in [6, 6.07) is 5.62. The van der Waals surface area contributed by atoms with Crippen LogP contribution in [0.25, 0.3) is 0 Å². The van der Waals surface area contributed by atoms with Gasteiger partial charge in [-0.25, -0.2) is 9.78 Å². The van der Waals surface area contributed by atoms with E-state index in [0.717, 1.165) is 50.0 Å². The van der Waals surface area contributed by atoms with Crippen LogP contribution in [-0.4, -0.2) is 53.8 Å². The predicted octanol–water partition coefficient (Wildman–Crippen LogP) is 1.88. The van der Waals surface area contributed by atoms with Gasteiger partial charge in [-0.2, -0.15) is 0 Å². The molecule has 0 atom stereocenters. The Hall–Kier alpha value is -2.41. The molecule has 3 rings (SSSR count). The molecule has 0 amide bonds. The lowest BCUT2D eigenvalue weighted by Crippen LogP contribution is -2.46. The average Bonchev–Trinajstić information content (AvgIpc) is 3.01. The molecule has 1 saturated heterocycles. The third-order valence-corrected chi connectivity index (χ3v) is 4.02. The molecule has 2 aromatic heterocycles.